The highest BCUT2D eigenvalue weighted by atomic mass is 16.6. The molecule has 0 unspecified atom stereocenters. The molecule has 0 bridgehead atoms. The lowest BCUT2D eigenvalue weighted by atomic mass is 10.2. The van der Waals surface area contributed by atoms with Gasteiger partial charge in [0.15, 0.2) is 5.69 Å². The molecule has 1 aromatic rings. The van der Waals surface area contributed by atoms with Gasteiger partial charge in [-0.25, -0.2) is 4.79 Å². The highest BCUT2D eigenvalue weighted by molar-refractivity contribution is 5.88. The Morgan fingerprint density at radius 3 is 2.64 bits per heavy atom. The fourth-order valence-electron chi connectivity index (χ4n) is 0.812. The molecule has 0 radical (unpaired) electrons. The van der Waals surface area contributed by atoms with Crippen molar-refractivity contribution in [3.05, 3.63) is 18.0 Å². The lowest BCUT2D eigenvalue weighted by Gasteiger charge is -2.18. The van der Waals surface area contributed by atoms with Gasteiger partial charge in [0, 0.05) is 0 Å². The van der Waals surface area contributed by atoms with Crippen LogP contribution in [0.2, 0.25) is 0 Å². The average molecular weight is 195 g/mol. The van der Waals surface area contributed by atoms with E-state index < -0.39 is 11.6 Å². The fourth-order valence-corrected chi connectivity index (χ4v) is 0.812. The van der Waals surface area contributed by atoms with Crippen LogP contribution in [-0.2, 0) is 4.74 Å². The van der Waals surface area contributed by atoms with Gasteiger partial charge >= 0.3 is 5.97 Å². The van der Waals surface area contributed by atoms with E-state index in [-0.39, 0.29) is 5.69 Å². The topological polar surface area (TPSA) is 78.1 Å². The second kappa shape index (κ2) is 3.61. The molecule has 0 saturated carbocycles. The van der Waals surface area contributed by atoms with E-state index in [0.717, 1.165) is 0 Å². The number of ether oxygens (including phenoxy) is 1. The molecule has 0 fully saturated rings. The zero-order valence-corrected chi connectivity index (χ0v) is 8.44. The summed E-state index contributed by atoms with van der Waals surface area (Å²) in [6.07, 6.45) is 1.37. The van der Waals surface area contributed by atoms with E-state index in [9.17, 15) is 4.79 Å². The van der Waals surface area contributed by atoms with Gasteiger partial charge in [-0.1, -0.05) is 0 Å². The van der Waals surface area contributed by atoms with Crippen LogP contribution in [0.15, 0.2) is 12.3 Å². The number of aromatic nitrogens is 2. The zero-order chi connectivity index (χ0) is 10.8. The van der Waals surface area contributed by atoms with Crippen molar-refractivity contribution in [2.24, 2.45) is 0 Å². The Kier molecular flexibility index (Phi) is 2.69. The monoisotopic (exact) mass is 195 g/mol. The van der Waals surface area contributed by atoms with Gasteiger partial charge in [0.1, 0.15) is 5.60 Å². The third kappa shape index (κ3) is 3.01. The highest BCUT2D eigenvalue weighted by Crippen LogP contribution is 2.11. The normalized spacial score (nSPS) is 11.1. The number of anilines is 1. The van der Waals surface area contributed by atoms with E-state index in [1.807, 2.05) is 0 Å². The smallest absolute Gasteiger partial charge is 0.359 e. The molecule has 2 N–H and O–H groups in total. The van der Waals surface area contributed by atoms with Crippen LogP contribution < -0.4 is 5.73 Å². The van der Waals surface area contributed by atoms with E-state index in [1.54, 1.807) is 20.8 Å². The number of nitrogens with two attached hydrogens (primary N) is 1. The Bertz CT molecular complexity index is 344. The first-order chi connectivity index (χ1) is 6.38. The summed E-state index contributed by atoms with van der Waals surface area (Å²) in [5, 5.41) is 7.18. The minimum atomic E-state index is -0.538. The van der Waals surface area contributed by atoms with E-state index in [4.69, 9.17) is 10.5 Å². The maximum Gasteiger partial charge on any atom is 0.359 e. The number of rotatable bonds is 1. The first-order valence-corrected chi connectivity index (χ1v) is 4.20. The van der Waals surface area contributed by atoms with Gasteiger partial charge in [0.05, 0.1) is 11.9 Å². The van der Waals surface area contributed by atoms with E-state index in [0.29, 0.717) is 5.69 Å². The number of esters is 1. The molecule has 76 valence electrons. The number of hydrogen-bond donors (Lipinski definition) is 1. The van der Waals surface area contributed by atoms with Crippen LogP contribution in [0.1, 0.15) is 31.3 Å². The summed E-state index contributed by atoms with van der Waals surface area (Å²) in [6, 6.07) is 1.43. The van der Waals surface area contributed by atoms with E-state index >= 15 is 0 Å². The van der Waals surface area contributed by atoms with Crippen molar-refractivity contribution >= 4 is 11.7 Å². The standard InChI is InChI=1S/C9H13N3O2/c1-9(2,3)14-8(13)7-4-6(10)5-11-12-7/h4-5H,1-3H3,(H2,10,12). The van der Waals surface area contributed by atoms with Crippen LogP contribution in [0.5, 0.6) is 0 Å². The van der Waals surface area contributed by atoms with E-state index in [1.165, 1.54) is 12.3 Å². The Labute approximate surface area is 82.3 Å². The summed E-state index contributed by atoms with van der Waals surface area (Å²) in [7, 11) is 0. The van der Waals surface area contributed by atoms with Crippen LogP contribution in [0.3, 0.4) is 0 Å². The van der Waals surface area contributed by atoms with Crippen LogP contribution in [0.25, 0.3) is 0 Å². The molecular weight excluding hydrogens is 182 g/mol. The fraction of sp³-hybridized carbons (Fsp3) is 0.444. The van der Waals surface area contributed by atoms with Crippen molar-refractivity contribution in [3.63, 3.8) is 0 Å². The van der Waals surface area contributed by atoms with Crippen LogP contribution in [-0.4, -0.2) is 21.8 Å². The van der Waals surface area contributed by atoms with Gasteiger partial charge < -0.3 is 10.5 Å². The van der Waals surface area contributed by atoms with Crippen molar-refractivity contribution in [3.8, 4) is 0 Å². The van der Waals surface area contributed by atoms with Gasteiger partial charge in [-0.15, -0.1) is 5.10 Å². The Morgan fingerprint density at radius 1 is 1.50 bits per heavy atom. The average Bonchev–Trinajstić information content (AvgIpc) is 2.01. The lowest BCUT2D eigenvalue weighted by Crippen LogP contribution is -2.24. The largest absolute Gasteiger partial charge is 0.455 e. The zero-order valence-electron chi connectivity index (χ0n) is 8.44. The number of nitrogen functional groups attached to an aromatic ring is 1. The third-order valence-electron chi connectivity index (χ3n) is 1.28. The summed E-state index contributed by atoms with van der Waals surface area (Å²) >= 11 is 0. The van der Waals surface area contributed by atoms with Gasteiger partial charge in [-0.3, -0.25) is 0 Å². The first kappa shape index (κ1) is 10.4. The Balaban J connectivity index is 2.80. The van der Waals surface area contributed by atoms with Gasteiger partial charge in [0.25, 0.3) is 0 Å². The molecule has 0 amide bonds. The molecule has 1 heterocycles. The summed E-state index contributed by atoms with van der Waals surface area (Å²) in [5.74, 6) is -0.516. The van der Waals surface area contributed by atoms with Crippen LogP contribution >= 0.6 is 0 Å². The summed E-state index contributed by atoms with van der Waals surface area (Å²) in [6.45, 7) is 5.35. The van der Waals surface area contributed by atoms with Crippen molar-refractivity contribution in [1.82, 2.24) is 10.2 Å². The van der Waals surface area contributed by atoms with Crippen molar-refractivity contribution in [2.45, 2.75) is 26.4 Å². The van der Waals surface area contributed by atoms with Crippen molar-refractivity contribution in [1.29, 1.82) is 0 Å². The molecule has 14 heavy (non-hydrogen) atoms. The summed E-state index contributed by atoms with van der Waals surface area (Å²) < 4.78 is 5.08. The molecule has 0 aliphatic carbocycles. The lowest BCUT2D eigenvalue weighted by molar-refractivity contribution is 0.00616. The third-order valence-corrected chi connectivity index (χ3v) is 1.28. The molecule has 0 atom stereocenters. The van der Waals surface area contributed by atoms with Crippen molar-refractivity contribution in [2.75, 3.05) is 5.73 Å². The number of carbonyl (C=O) groups excluding carboxylic acids is 1. The molecule has 0 spiro atoms. The number of nitrogens with zero attached hydrogens (tertiary/aromatic N) is 2. The Morgan fingerprint density at radius 2 is 2.14 bits per heavy atom. The van der Waals surface area contributed by atoms with Crippen LogP contribution in [0.4, 0.5) is 5.69 Å². The van der Waals surface area contributed by atoms with E-state index in [2.05, 4.69) is 10.2 Å². The minimum Gasteiger partial charge on any atom is -0.455 e. The maximum atomic E-state index is 11.4. The predicted molar refractivity (Wildman–Crippen MR) is 51.6 cm³/mol. The molecular formula is C9H13N3O2. The molecule has 1 aromatic heterocycles. The summed E-state index contributed by atoms with van der Waals surface area (Å²) in [5.41, 5.74) is 5.43. The second-order valence-corrected chi connectivity index (χ2v) is 3.88. The van der Waals surface area contributed by atoms with Crippen LogP contribution in [0, 0.1) is 0 Å². The minimum absolute atomic E-state index is 0.125. The number of carbonyl (C=O) groups is 1. The molecule has 0 saturated heterocycles. The molecule has 0 aliphatic rings. The number of hydrogen-bond acceptors (Lipinski definition) is 5. The van der Waals surface area contributed by atoms with Gasteiger partial charge in [0.2, 0.25) is 0 Å². The van der Waals surface area contributed by atoms with Gasteiger partial charge in [-0.2, -0.15) is 5.10 Å². The molecule has 5 nitrogen and oxygen atoms in total. The predicted octanol–water partition coefficient (Wildman–Crippen LogP) is 1.01. The molecule has 5 heteroatoms. The second-order valence-electron chi connectivity index (χ2n) is 3.88. The highest BCUT2D eigenvalue weighted by Gasteiger charge is 2.19. The first-order valence-electron chi connectivity index (χ1n) is 4.20. The van der Waals surface area contributed by atoms with Gasteiger partial charge in [-0.05, 0) is 26.8 Å². The molecule has 0 aromatic carbocycles. The molecule has 1 rings (SSSR count). The molecule has 0 aliphatic heterocycles. The maximum absolute atomic E-state index is 11.4. The Hall–Kier alpha value is -1.65. The van der Waals surface area contributed by atoms with Crippen molar-refractivity contribution < 1.29 is 9.53 Å². The SMILES string of the molecule is CC(C)(C)OC(=O)c1cc(N)cnn1. The summed E-state index contributed by atoms with van der Waals surface area (Å²) in [4.78, 5) is 11.4. The quantitative estimate of drug-likeness (QED) is 0.677.